The van der Waals surface area contributed by atoms with Gasteiger partial charge in [0.2, 0.25) is 0 Å². The van der Waals surface area contributed by atoms with Gasteiger partial charge in [0.15, 0.2) is 0 Å². The van der Waals surface area contributed by atoms with Gasteiger partial charge < -0.3 is 5.32 Å². The van der Waals surface area contributed by atoms with E-state index in [0.717, 1.165) is 6.54 Å². The molecule has 0 bridgehead atoms. The Bertz CT molecular complexity index is 175. The molecule has 0 spiro atoms. The number of hydrogen-bond donors (Lipinski definition) is 1. The molecule has 0 amide bonds. The molecule has 1 aliphatic carbocycles. The van der Waals surface area contributed by atoms with Crippen LogP contribution in [0.15, 0.2) is 0 Å². The summed E-state index contributed by atoms with van der Waals surface area (Å²) in [7, 11) is 0. The molecular formula is C10H18N2. The SMILES string of the molecule is CC(C#N)CNC1(C)CCCC1. The van der Waals surface area contributed by atoms with Crippen LogP contribution in [-0.4, -0.2) is 12.1 Å². The van der Waals surface area contributed by atoms with Crippen molar-refractivity contribution >= 4 is 0 Å². The zero-order valence-electron chi connectivity index (χ0n) is 8.06. The Labute approximate surface area is 75.0 Å². The van der Waals surface area contributed by atoms with Crippen LogP contribution >= 0.6 is 0 Å². The van der Waals surface area contributed by atoms with Gasteiger partial charge in [-0.05, 0) is 26.7 Å². The summed E-state index contributed by atoms with van der Waals surface area (Å²) in [5.41, 5.74) is 0.325. The first kappa shape index (κ1) is 9.54. The molecule has 0 radical (unpaired) electrons. The van der Waals surface area contributed by atoms with E-state index in [1.807, 2.05) is 6.92 Å². The van der Waals surface area contributed by atoms with Crippen molar-refractivity contribution in [3.05, 3.63) is 0 Å². The van der Waals surface area contributed by atoms with Gasteiger partial charge >= 0.3 is 0 Å². The van der Waals surface area contributed by atoms with Crippen LogP contribution < -0.4 is 5.32 Å². The van der Waals surface area contributed by atoms with Gasteiger partial charge in [0.25, 0.3) is 0 Å². The summed E-state index contributed by atoms with van der Waals surface area (Å²) in [6.07, 6.45) is 5.21. The third-order valence-electron chi connectivity index (χ3n) is 2.76. The minimum absolute atomic E-state index is 0.141. The van der Waals surface area contributed by atoms with Gasteiger partial charge in [-0.2, -0.15) is 5.26 Å². The van der Waals surface area contributed by atoms with E-state index in [0.29, 0.717) is 5.54 Å². The Kier molecular flexibility index (Phi) is 3.11. The lowest BCUT2D eigenvalue weighted by Gasteiger charge is -2.25. The number of nitrogens with zero attached hydrogens (tertiary/aromatic N) is 1. The molecular weight excluding hydrogens is 148 g/mol. The Morgan fingerprint density at radius 2 is 2.08 bits per heavy atom. The van der Waals surface area contributed by atoms with E-state index in [9.17, 15) is 0 Å². The molecule has 1 unspecified atom stereocenters. The van der Waals surface area contributed by atoms with E-state index in [1.165, 1.54) is 25.7 Å². The maximum absolute atomic E-state index is 8.60. The van der Waals surface area contributed by atoms with Crippen molar-refractivity contribution in [2.45, 2.75) is 45.1 Å². The van der Waals surface area contributed by atoms with Crippen LogP contribution in [-0.2, 0) is 0 Å². The third kappa shape index (κ3) is 2.49. The Morgan fingerprint density at radius 1 is 1.50 bits per heavy atom. The highest BCUT2D eigenvalue weighted by atomic mass is 15.0. The van der Waals surface area contributed by atoms with Gasteiger partial charge in [0, 0.05) is 12.1 Å². The van der Waals surface area contributed by atoms with Crippen LogP contribution in [0.5, 0.6) is 0 Å². The first-order valence-corrected chi connectivity index (χ1v) is 4.81. The van der Waals surface area contributed by atoms with Crippen LogP contribution in [0.1, 0.15) is 39.5 Å². The van der Waals surface area contributed by atoms with Gasteiger partial charge in [0.05, 0.1) is 12.0 Å². The van der Waals surface area contributed by atoms with Crippen molar-refractivity contribution in [1.82, 2.24) is 5.32 Å². The van der Waals surface area contributed by atoms with Crippen LogP contribution in [0, 0.1) is 17.2 Å². The average molecular weight is 166 g/mol. The number of rotatable bonds is 3. The molecule has 2 nitrogen and oxygen atoms in total. The van der Waals surface area contributed by atoms with E-state index in [-0.39, 0.29) is 5.92 Å². The zero-order valence-corrected chi connectivity index (χ0v) is 8.06. The topological polar surface area (TPSA) is 35.8 Å². The lowest BCUT2D eigenvalue weighted by atomic mass is 10.00. The Hall–Kier alpha value is -0.550. The van der Waals surface area contributed by atoms with Crippen LogP contribution in [0.25, 0.3) is 0 Å². The fraction of sp³-hybridized carbons (Fsp3) is 0.900. The van der Waals surface area contributed by atoms with Gasteiger partial charge in [-0.15, -0.1) is 0 Å². The summed E-state index contributed by atoms with van der Waals surface area (Å²) in [5, 5.41) is 12.1. The standard InChI is InChI=1S/C10H18N2/c1-9(7-11)8-12-10(2)5-3-4-6-10/h9,12H,3-6,8H2,1-2H3. The molecule has 0 saturated heterocycles. The van der Waals surface area contributed by atoms with Gasteiger partial charge in [-0.3, -0.25) is 0 Å². The van der Waals surface area contributed by atoms with Gasteiger partial charge in [-0.1, -0.05) is 12.8 Å². The molecule has 0 aromatic heterocycles. The van der Waals surface area contributed by atoms with E-state index < -0.39 is 0 Å². The fourth-order valence-electron chi connectivity index (χ4n) is 1.78. The third-order valence-corrected chi connectivity index (χ3v) is 2.76. The Balaban J connectivity index is 2.26. The highest BCUT2D eigenvalue weighted by Crippen LogP contribution is 2.28. The minimum atomic E-state index is 0.141. The van der Waals surface area contributed by atoms with Crippen LogP contribution in [0.2, 0.25) is 0 Å². The van der Waals surface area contributed by atoms with E-state index in [4.69, 9.17) is 5.26 Å². The van der Waals surface area contributed by atoms with Crippen molar-refractivity contribution in [3.63, 3.8) is 0 Å². The molecule has 68 valence electrons. The number of hydrogen-bond acceptors (Lipinski definition) is 2. The van der Waals surface area contributed by atoms with Gasteiger partial charge in [0.1, 0.15) is 0 Å². The Morgan fingerprint density at radius 3 is 2.58 bits per heavy atom. The van der Waals surface area contributed by atoms with E-state index >= 15 is 0 Å². The minimum Gasteiger partial charge on any atom is -0.310 e. The second kappa shape index (κ2) is 3.91. The molecule has 1 N–H and O–H groups in total. The van der Waals surface area contributed by atoms with Crippen LogP contribution in [0.3, 0.4) is 0 Å². The summed E-state index contributed by atoms with van der Waals surface area (Å²) in [4.78, 5) is 0. The molecule has 0 heterocycles. The maximum Gasteiger partial charge on any atom is 0.0666 e. The van der Waals surface area contributed by atoms with Crippen molar-refractivity contribution in [1.29, 1.82) is 5.26 Å². The molecule has 0 aromatic rings. The quantitative estimate of drug-likeness (QED) is 0.696. The molecule has 1 fully saturated rings. The molecule has 1 saturated carbocycles. The summed E-state index contributed by atoms with van der Waals surface area (Å²) < 4.78 is 0. The predicted molar refractivity (Wildman–Crippen MR) is 49.7 cm³/mol. The lowest BCUT2D eigenvalue weighted by Crippen LogP contribution is -2.41. The smallest absolute Gasteiger partial charge is 0.0666 e. The summed E-state index contributed by atoms with van der Waals surface area (Å²) in [5.74, 6) is 0.141. The van der Waals surface area contributed by atoms with Crippen molar-refractivity contribution in [2.24, 2.45) is 5.92 Å². The first-order valence-electron chi connectivity index (χ1n) is 4.81. The van der Waals surface area contributed by atoms with E-state index in [1.54, 1.807) is 0 Å². The molecule has 0 aliphatic heterocycles. The monoisotopic (exact) mass is 166 g/mol. The molecule has 1 rings (SSSR count). The zero-order chi connectivity index (χ0) is 9.03. The van der Waals surface area contributed by atoms with Gasteiger partial charge in [-0.25, -0.2) is 0 Å². The second-order valence-electron chi connectivity index (χ2n) is 4.18. The summed E-state index contributed by atoms with van der Waals surface area (Å²) in [6.45, 7) is 5.07. The molecule has 0 aromatic carbocycles. The normalized spacial score (nSPS) is 23.4. The molecule has 12 heavy (non-hydrogen) atoms. The summed E-state index contributed by atoms with van der Waals surface area (Å²) in [6, 6.07) is 2.24. The fourth-order valence-corrected chi connectivity index (χ4v) is 1.78. The van der Waals surface area contributed by atoms with E-state index in [2.05, 4.69) is 18.3 Å². The number of nitriles is 1. The average Bonchev–Trinajstić information content (AvgIpc) is 2.49. The molecule has 2 heteroatoms. The van der Waals surface area contributed by atoms with Crippen molar-refractivity contribution in [2.75, 3.05) is 6.54 Å². The lowest BCUT2D eigenvalue weighted by molar-refractivity contribution is 0.353. The number of nitrogens with one attached hydrogen (secondary N) is 1. The highest BCUT2D eigenvalue weighted by molar-refractivity contribution is 4.90. The highest BCUT2D eigenvalue weighted by Gasteiger charge is 2.27. The molecule has 1 atom stereocenters. The maximum atomic E-state index is 8.60. The van der Waals surface area contributed by atoms with Crippen molar-refractivity contribution in [3.8, 4) is 6.07 Å². The molecule has 1 aliphatic rings. The van der Waals surface area contributed by atoms with Crippen LogP contribution in [0.4, 0.5) is 0 Å². The van der Waals surface area contributed by atoms with Crippen molar-refractivity contribution < 1.29 is 0 Å². The predicted octanol–water partition coefficient (Wildman–Crippen LogP) is 2.07. The summed E-state index contributed by atoms with van der Waals surface area (Å²) >= 11 is 0. The first-order chi connectivity index (χ1) is 5.66. The largest absolute Gasteiger partial charge is 0.310 e. The second-order valence-corrected chi connectivity index (χ2v) is 4.18.